The smallest absolute Gasteiger partial charge is 0.157 e. The number of aryl methyl sites for hydroxylation is 1. The third kappa shape index (κ3) is 1.67. The highest BCUT2D eigenvalue weighted by atomic mass is 15.4. The normalized spacial score (nSPS) is 24.8. The molecule has 2 N–H and O–H groups in total. The van der Waals surface area contributed by atoms with E-state index in [-0.39, 0.29) is 6.04 Å². The van der Waals surface area contributed by atoms with Crippen LogP contribution in [0.25, 0.3) is 5.65 Å². The highest BCUT2D eigenvalue weighted by Crippen LogP contribution is 2.24. The van der Waals surface area contributed by atoms with Gasteiger partial charge in [-0.05, 0) is 30.5 Å². The number of nitrogens with two attached hydrogens (primary N) is 1. The van der Waals surface area contributed by atoms with E-state index in [1.807, 2.05) is 10.6 Å². The second-order valence-corrected chi connectivity index (χ2v) is 4.97. The maximum absolute atomic E-state index is 6.08. The first-order valence-electron chi connectivity index (χ1n) is 5.96. The Balaban J connectivity index is 2.08. The van der Waals surface area contributed by atoms with Crippen LogP contribution in [0.2, 0.25) is 0 Å². The molecule has 5 nitrogen and oxygen atoms in total. The summed E-state index contributed by atoms with van der Waals surface area (Å²) in [4.78, 5) is 6.54. The summed E-state index contributed by atoms with van der Waals surface area (Å²) in [7, 11) is 0. The molecule has 90 valence electrons. The van der Waals surface area contributed by atoms with Crippen molar-refractivity contribution in [3.8, 4) is 0 Å². The Morgan fingerprint density at radius 2 is 2.18 bits per heavy atom. The lowest BCUT2D eigenvalue weighted by Crippen LogP contribution is -2.29. The fraction of sp³-hybridized carbons (Fsp3) is 0.500. The fourth-order valence-corrected chi connectivity index (χ4v) is 2.44. The average molecular weight is 231 g/mol. The van der Waals surface area contributed by atoms with Crippen LogP contribution in [0.1, 0.15) is 12.5 Å². The van der Waals surface area contributed by atoms with Crippen molar-refractivity contribution in [2.24, 2.45) is 11.7 Å². The predicted molar refractivity (Wildman–Crippen MR) is 67.1 cm³/mol. The molecule has 0 radical (unpaired) electrons. The van der Waals surface area contributed by atoms with Crippen molar-refractivity contribution < 1.29 is 0 Å². The van der Waals surface area contributed by atoms with E-state index in [1.54, 1.807) is 6.33 Å². The summed E-state index contributed by atoms with van der Waals surface area (Å²) in [6.07, 6.45) is 1.59. The van der Waals surface area contributed by atoms with Gasteiger partial charge in [0, 0.05) is 19.1 Å². The number of hydrogen-bond acceptors (Lipinski definition) is 4. The van der Waals surface area contributed by atoms with Gasteiger partial charge in [0.15, 0.2) is 5.65 Å². The summed E-state index contributed by atoms with van der Waals surface area (Å²) < 4.78 is 1.89. The molecule has 3 rings (SSSR count). The molecule has 3 heterocycles. The van der Waals surface area contributed by atoms with Crippen molar-refractivity contribution in [1.29, 1.82) is 0 Å². The van der Waals surface area contributed by atoms with E-state index in [9.17, 15) is 0 Å². The molecule has 2 atom stereocenters. The van der Waals surface area contributed by atoms with Gasteiger partial charge in [0.1, 0.15) is 12.1 Å². The van der Waals surface area contributed by atoms with Crippen LogP contribution in [0.4, 0.5) is 5.82 Å². The van der Waals surface area contributed by atoms with Crippen molar-refractivity contribution in [3.05, 3.63) is 24.0 Å². The van der Waals surface area contributed by atoms with Gasteiger partial charge >= 0.3 is 0 Å². The minimum Gasteiger partial charge on any atom is -0.355 e. The highest BCUT2D eigenvalue weighted by molar-refractivity contribution is 5.53. The van der Waals surface area contributed by atoms with E-state index in [0.717, 1.165) is 24.6 Å². The number of fused-ring (bicyclic) bond motifs is 1. The zero-order valence-corrected chi connectivity index (χ0v) is 10.2. The Kier molecular flexibility index (Phi) is 2.29. The lowest BCUT2D eigenvalue weighted by molar-refractivity contribution is 0.566. The lowest BCUT2D eigenvalue weighted by Gasteiger charge is -2.19. The highest BCUT2D eigenvalue weighted by Gasteiger charge is 2.28. The van der Waals surface area contributed by atoms with Gasteiger partial charge in [-0.25, -0.2) is 4.98 Å². The minimum atomic E-state index is 0.245. The van der Waals surface area contributed by atoms with Crippen molar-refractivity contribution in [3.63, 3.8) is 0 Å². The molecule has 5 heteroatoms. The number of nitrogens with zero attached hydrogens (tertiary/aromatic N) is 4. The van der Waals surface area contributed by atoms with Crippen molar-refractivity contribution >= 4 is 11.5 Å². The first kappa shape index (κ1) is 10.5. The Hall–Kier alpha value is -1.62. The summed E-state index contributed by atoms with van der Waals surface area (Å²) in [6, 6.07) is 4.43. The summed E-state index contributed by atoms with van der Waals surface area (Å²) >= 11 is 0. The molecule has 0 amide bonds. The summed E-state index contributed by atoms with van der Waals surface area (Å²) in [5.74, 6) is 1.62. The van der Waals surface area contributed by atoms with Crippen LogP contribution < -0.4 is 10.6 Å². The Morgan fingerprint density at radius 1 is 1.35 bits per heavy atom. The largest absolute Gasteiger partial charge is 0.355 e. The van der Waals surface area contributed by atoms with Gasteiger partial charge in [0.05, 0.1) is 0 Å². The quantitative estimate of drug-likeness (QED) is 0.789. The zero-order valence-electron chi connectivity index (χ0n) is 10.2. The number of hydrogen-bond donors (Lipinski definition) is 1. The standard InChI is InChI=1S/C12H17N5/c1-8-3-11-14-7-15-17(11)12(4-8)16-5-9(2)10(13)6-16/h3-4,7,9-10H,5-6,13H2,1-2H3. The number of rotatable bonds is 1. The number of anilines is 1. The van der Waals surface area contributed by atoms with Gasteiger partial charge in [0.2, 0.25) is 0 Å². The van der Waals surface area contributed by atoms with Crippen LogP contribution in [-0.2, 0) is 0 Å². The third-order valence-electron chi connectivity index (χ3n) is 3.50. The predicted octanol–water partition coefficient (Wildman–Crippen LogP) is 0.821. The van der Waals surface area contributed by atoms with E-state index >= 15 is 0 Å². The molecule has 0 aromatic carbocycles. The van der Waals surface area contributed by atoms with Gasteiger partial charge in [0.25, 0.3) is 0 Å². The van der Waals surface area contributed by atoms with Crippen molar-refractivity contribution in [2.75, 3.05) is 18.0 Å². The van der Waals surface area contributed by atoms with E-state index < -0.39 is 0 Å². The molecular formula is C12H17N5. The van der Waals surface area contributed by atoms with Crippen LogP contribution in [0.15, 0.2) is 18.5 Å². The van der Waals surface area contributed by atoms with Crippen molar-refractivity contribution in [2.45, 2.75) is 19.9 Å². The van der Waals surface area contributed by atoms with E-state index in [1.165, 1.54) is 5.56 Å². The van der Waals surface area contributed by atoms with Gasteiger partial charge in [-0.1, -0.05) is 6.92 Å². The molecule has 0 spiro atoms. The molecule has 2 aromatic rings. The van der Waals surface area contributed by atoms with Gasteiger partial charge in [-0.15, -0.1) is 0 Å². The topological polar surface area (TPSA) is 59.5 Å². The van der Waals surface area contributed by atoms with Gasteiger partial charge in [-0.2, -0.15) is 9.61 Å². The molecule has 1 saturated heterocycles. The van der Waals surface area contributed by atoms with E-state index in [0.29, 0.717) is 5.92 Å². The molecule has 1 fully saturated rings. The molecule has 1 aliphatic rings. The molecule has 2 unspecified atom stereocenters. The van der Waals surface area contributed by atoms with E-state index in [2.05, 4.69) is 34.9 Å². The molecule has 2 aromatic heterocycles. The minimum absolute atomic E-state index is 0.245. The molecule has 1 aliphatic heterocycles. The Morgan fingerprint density at radius 3 is 2.88 bits per heavy atom. The third-order valence-corrected chi connectivity index (χ3v) is 3.50. The Labute approximate surface area is 100 Å². The summed E-state index contributed by atoms with van der Waals surface area (Å²) in [5.41, 5.74) is 8.18. The molecular weight excluding hydrogens is 214 g/mol. The lowest BCUT2D eigenvalue weighted by atomic mass is 10.1. The fourth-order valence-electron chi connectivity index (χ4n) is 2.44. The van der Waals surface area contributed by atoms with Crippen LogP contribution in [-0.4, -0.2) is 33.7 Å². The number of aromatic nitrogens is 3. The van der Waals surface area contributed by atoms with E-state index in [4.69, 9.17) is 5.73 Å². The average Bonchev–Trinajstić information content (AvgIpc) is 2.85. The molecule has 0 aliphatic carbocycles. The monoisotopic (exact) mass is 231 g/mol. The van der Waals surface area contributed by atoms with Crippen LogP contribution >= 0.6 is 0 Å². The molecule has 17 heavy (non-hydrogen) atoms. The SMILES string of the molecule is Cc1cc(N2CC(C)C(N)C2)n2ncnc2c1. The molecule has 0 bridgehead atoms. The summed E-state index contributed by atoms with van der Waals surface area (Å²) in [6.45, 7) is 6.15. The van der Waals surface area contributed by atoms with Crippen molar-refractivity contribution in [1.82, 2.24) is 14.6 Å². The van der Waals surface area contributed by atoms with Crippen LogP contribution in [0.5, 0.6) is 0 Å². The van der Waals surface area contributed by atoms with Gasteiger partial charge < -0.3 is 10.6 Å². The van der Waals surface area contributed by atoms with Crippen LogP contribution in [0.3, 0.4) is 0 Å². The Bertz CT molecular complexity index is 537. The second kappa shape index (κ2) is 3.70. The van der Waals surface area contributed by atoms with Crippen LogP contribution in [0, 0.1) is 12.8 Å². The number of pyridine rings is 1. The maximum Gasteiger partial charge on any atom is 0.157 e. The molecule has 0 saturated carbocycles. The second-order valence-electron chi connectivity index (χ2n) is 4.97. The summed E-state index contributed by atoms with van der Waals surface area (Å²) in [5, 5.41) is 4.28. The van der Waals surface area contributed by atoms with Gasteiger partial charge in [-0.3, -0.25) is 0 Å². The first-order chi connectivity index (χ1) is 8.15. The zero-order chi connectivity index (χ0) is 12.0. The maximum atomic E-state index is 6.08. The first-order valence-corrected chi connectivity index (χ1v) is 5.96.